The molecule has 1 fully saturated rings. The van der Waals surface area contributed by atoms with Crippen LogP contribution >= 0.6 is 0 Å². The quantitative estimate of drug-likeness (QED) is 0.875. The van der Waals surface area contributed by atoms with Crippen LogP contribution < -0.4 is 10.2 Å². The molecule has 0 bridgehead atoms. The van der Waals surface area contributed by atoms with Crippen LogP contribution in [0.25, 0.3) is 0 Å². The number of hydrogen-bond acceptors (Lipinski definition) is 3. The highest BCUT2D eigenvalue weighted by molar-refractivity contribution is 5.94. The van der Waals surface area contributed by atoms with E-state index in [-0.39, 0.29) is 12.3 Å². The van der Waals surface area contributed by atoms with Gasteiger partial charge in [0.05, 0.1) is 5.41 Å². The summed E-state index contributed by atoms with van der Waals surface area (Å²) in [5, 5.41) is 11.8. The van der Waals surface area contributed by atoms with Crippen molar-refractivity contribution < 1.29 is 14.7 Å². The van der Waals surface area contributed by atoms with Gasteiger partial charge in [0.2, 0.25) is 5.91 Å². The summed E-state index contributed by atoms with van der Waals surface area (Å²) in [6, 6.07) is 7.70. The zero-order valence-electron chi connectivity index (χ0n) is 12.6. The van der Waals surface area contributed by atoms with Crippen LogP contribution in [0.4, 0.5) is 11.4 Å². The first-order chi connectivity index (χ1) is 9.88. The molecular formula is C16H22N2O3. The van der Waals surface area contributed by atoms with Crippen molar-refractivity contribution in [3.63, 3.8) is 0 Å². The molecule has 1 aliphatic heterocycles. The van der Waals surface area contributed by atoms with Gasteiger partial charge in [0.25, 0.3) is 0 Å². The van der Waals surface area contributed by atoms with Gasteiger partial charge in [-0.25, -0.2) is 0 Å². The third-order valence-electron chi connectivity index (χ3n) is 3.78. The molecule has 2 N–H and O–H groups in total. The number of carbonyl (C=O) groups excluding carboxylic acids is 1. The zero-order chi connectivity index (χ0) is 15.5. The fourth-order valence-corrected chi connectivity index (χ4v) is 2.44. The number of carbonyl (C=O) groups is 2. The summed E-state index contributed by atoms with van der Waals surface area (Å²) in [5.74, 6) is -1.25. The predicted octanol–water partition coefficient (Wildman–Crippen LogP) is 2.73. The van der Waals surface area contributed by atoms with Gasteiger partial charge in [0, 0.05) is 30.9 Å². The Morgan fingerprint density at radius 3 is 2.57 bits per heavy atom. The largest absolute Gasteiger partial charge is 0.481 e. The number of amides is 1. The second-order valence-electron chi connectivity index (χ2n) is 6.16. The second-order valence-corrected chi connectivity index (χ2v) is 6.16. The molecule has 0 atom stereocenters. The van der Waals surface area contributed by atoms with Crippen LogP contribution in [-0.2, 0) is 9.59 Å². The molecule has 1 aromatic carbocycles. The van der Waals surface area contributed by atoms with Crippen LogP contribution in [0.2, 0.25) is 0 Å². The number of hydrogen-bond donors (Lipinski definition) is 2. The maximum absolute atomic E-state index is 12.0. The van der Waals surface area contributed by atoms with Crippen molar-refractivity contribution in [1.29, 1.82) is 0 Å². The van der Waals surface area contributed by atoms with Crippen molar-refractivity contribution >= 4 is 23.3 Å². The lowest BCUT2D eigenvalue weighted by Gasteiger charge is -2.20. The van der Waals surface area contributed by atoms with Crippen molar-refractivity contribution in [2.45, 2.75) is 33.1 Å². The molecule has 1 aromatic rings. The number of benzene rings is 1. The van der Waals surface area contributed by atoms with Crippen LogP contribution in [0.1, 0.15) is 33.1 Å². The first-order valence-electron chi connectivity index (χ1n) is 7.27. The molecule has 5 nitrogen and oxygen atoms in total. The fraction of sp³-hybridized carbons (Fsp3) is 0.500. The van der Waals surface area contributed by atoms with Crippen LogP contribution in [0.3, 0.4) is 0 Å². The van der Waals surface area contributed by atoms with Gasteiger partial charge in [-0.15, -0.1) is 0 Å². The number of nitrogens with zero attached hydrogens (tertiary/aromatic N) is 1. The normalized spacial score (nSPS) is 15.0. The molecule has 0 spiro atoms. The molecule has 0 aliphatic carbocycles. The van der Waals surface area contributed by atoms with Gasteiger partial charge in [-0.2, -0.15) is 0 Å². The van der Waals surface area contributed by atoms with Gasteiger partial charge in [0.15, 0.2) is 0 Å². The maximum atomic E-state index is 12.0. The van der Waals surface area contributed by atoms with Crippen LogP contribution in [0.15, 0.2) is 24.3 Å². The van der Waals surface area contributed by atoms with Gasteiger partial charge in [-0.3, -0.25) is 9.59 Å². The summed E-state index contributed by atoms with van der Waals surface area (Å²) >= 11 is 0. The number of anilines is 2. The van der Waals surface area contributed by atoms with E-state index in [1.165, 1.54) is 12.8 Å². The highest BCUT2D eigenvalue weighted by atomic mass is 16.4. The van der Waals surface area contributed by atoms with E-state index in [2.05, 4.69) is 10.2 Å². The second kappa shape index (κ2) is 6.16. The van der Waals surface area contributed by atoms with E-state index in [0.29, 0.717) is 5.69 Å². The Hall–Kier alpha value is -2.04. The fourth-order valence-electron chi connectivity index (χ4n) is 2.44. The Morgan fingerprint density at radius 2 is 1.95 bits per heavy atom. The SMILES string of the molecule is CC(C)(CC(=O)Nc1cccc(N2CCCC2)c1)C(=O)O. The smallest absolute Gasteiger partial charge is 0.309 e. The number of carboxylic acid groups (broad SMARTS) is 1. The monoisotopic (exact) mass is 290 g/mol. The van der Waals surface area contributed by atoms with Gasteiger partial charge in [0.1, 0.15) is 0 Å². The highest BCUT2D eigenvalue weighted by Gasteiger charge is 2.30. The van der Waals surface area contributed by atoms with Crippen molar-refractivity contribution in [2.75, 3.05) is 23.3 Å². The van der Waals surface area contributed by atoms with E-state index < -0.39 is 11.4 Å². The van der Waals surface area contributed by atoms with E-state index >= 15 is 0 Å². The molecule has 1 heterocycles. The number of carboxylic acids is 1. The molecule has 21 heavy (non-hydrogen) atoms. The Kier molecular flexibility index (Phi) is 4.50. The number of nitrogens with one attached hydrogen (secondary N) is 1. The molecule has 114 valence electrons. The molecule has 1 saturated heterocycles. The summed E-state index contributed by atoms with van der Waals surface area (Å²) in [6.07, 6.45) is 2.35. The Labute approximate surface area is 125 Å². The van der Waals surface area contributed by atoms with Crippen molar-refractivity contribution in [3.05, 3.63) is 24.3 Å². The lowest BCUT2D eigenvalue weighted by molar-refractivity contribution is -0.148. The van der Waals surface area contributed by atoms with Gasteiger partial charge in [-0.05, 0) is 44.9 Å². The zero-order valence-corrected chi connectivity index (χ0v) is 12.6. The van der Waals surface area contributed by atoms with Crippen molar-refractivity contribution in [3.8, 4) is 0 Å². The average molecular weight is 290 g/mol. The predicted molar refractivity (Wildman–Crippen MR) is 82.6 cm³/mol. The summed E-state index contributed by atoms with van der Waals surface area (Å²) in [5.41, 5.74) is 0.754. The van der Waals surface area contributed by atoms with Gasteiger partial charge >= 0.3 is 5.97 Å². The summed E-state index contributed by atoms with van der Waals surface area (Å²) in [6.45, 7) is 5.19. The topological polar surface area (TPSA) is 69.6 Å². The third-order valence-corrected chi connectivity index (χ3v) is 3.78. The lowest BCUT2D eigenvalue weighted by Crippen LogP contribution is -2.29. The minimum Gasteiger partial charge on any atom is -0.481 e. The molecular weight excluding hydrogens is 268 g/mol. The summed E-state index contributed by atoms with van der Waals surface area (Å²) in [7, 11) is 0. The molecule has 2 rings (SSSR count). The van der Waals surface area contributed by atoms with E-state index in [1.807, 2.05) is 24.3 Å². The Balaban J connectivity index is 2.01. The van der Waals surface area contributed by atoms with E-state index in [1.54, 1.807) is 13.8 Å². The summed E-state index contributed by atoms with van der Waals surface area (Å²) in [4.78, 5) is 25.3. The summed E-state index contributed by atoms with van der Waals surface area (Å²) < 4.78 is 0. The van der Waals surface area contributed by atoms with E-state index in [0.717, 1.165) is 18.8 Å². The molecule has 1 aliphatic rings. The van der Waals surface area contributed by atoms with Crippen LogP contribution in [-0.4, -0.2) is 30.1 Å². The number of rotatable bonds is 5. The van der Waals surface area contributed by atoms with Crippen LogP contribution in [0, 0.1) is 5.41 Å². The van der Waals surface area contributed by atoms with Crippen LogP contribution in [0.5, 0.6) is 0 Å². The third kappa shape index (κ3) is 3.97. The first-order valence-corrected chi connectivity index (χ1v) is 7.27. The first kappa shape index (κ1) is 15.4. The molecule has 5 heteroatoms. The minimum atomic E-state index is -1.06. The standard InChI is InChI=1S/C16H22N2O3/c1-16(2,15(20)21)11-14(19)17-12-6-5-7-13(10-12)18-8-3-4-9-18/h5-7,10H,3-4,8-9,11H2,1-2H3,(H,17,19)(H,20,21). The minimum absolute atomic E-state index is 0.0454. The molecule has 1 amide bonds. The van der Waals surface area contributed by atoms with Gasteiger partial charge in [-0.1, -0.05) is 6.07 Å². The highest BCUT2D eigenvalue weighted by Crippen LogP contribution is 2.25. The average Bonchev–Trinajstić information content (AvgIpc) is 2.91. The molecule has 0 radical (unpaired) electrons. The number of aliphatic carboxylic acids is 1. The Morgan fingerprint density at radius 1 is 1.29 bits per heavy atom. The van der Waals surface area contributed by atoms with E-state index in [4.69, 9.17) is 5.11 Å². The lowest BCUT2D eigenvalue weighted by atomic mass is 9.89. The van der Waals surface area contributed by atoms with Crippen molar-refractivity contribution in [2.24, 2.45) is 5.41 Å². The molecule has 0 unspecified atom stereocenters. The Bertz CT molecular complexity index is 534. The molecule has 0 saturated carbocycles. The van der Waals surface area contributed by atoms with Crippen molar-refractivity contribution in [1.82, 2.24) is 0 Å². The molecule has 0 aromatic heterocycles. The van der Waals surface area contributed by atoms with Gasteiger partial charge < -0.3 is 15.3 Å². The van der Waals surface area contributed by atoms with E-state index in [9.17, 15) is 9.59 Å². The maximum Gasteiger partial charge on any atom is 0.309 e.